The maximum atomic E-state index is 10.7. The Morgan fingerprint density at radius 3 is 2.83 bits per heavy atom. The molecule has 0 aliphatic carbocycles. The average molecular weight is 441 g/mol. The summed E-state index contributed by atoms with van der Waals surface area (Å²) in [4.78, 5) is 15.3. The van der Waals surface area contributed by atoms with Crippen LogP contribution in [0.2, 0.25) is 0 Å². The van der Waals surface area contributed by atoms with Gasteiger partial charge in [0.15, 0.2) is 18.1 Å². The molecule has 0 spiro atoms. The van der Waals surface area contributed by atoms with E-state index >= 15 is 0 Å². The number of ether oxygens (including phenoxy) is 2. The van der Waals surface area contributed by atoms with Crippen molar-refractivity contribution >= 4 is 50.1 Å². The van der Waals surface area contributed by atoms with Crippen molar-refractivity contribution in [3.63, 3.8) is 0 Å². The molecule has 0 aliphatic rings. The first-order valence-corrected chi connectivity index (χ1v) is 8.56. The third-order valence-electron chi connectivity index (χ3n) is 3.11. The summed E-state index contributed by atoms with van der Waals surface area (Å²) in [7, 11) is 1.53. The van der Waals surface area contributed by atoms with Gasteiger partial charge in [-0.2, -0.15) is 0 Å². The Balaban J connectivity index is 2.03. The molecule has 0 atom stereocenters. The van der Waals surface area contributed by atoms with Crippen LogP contribution in [-0.2, 0) is 4.79 Å². The highest BCUT2D eigenvalue weighted by Crippen LogP contribution is 2.39. The normalized spacial score (nSPS) is 10.7. The molecule has 5 nitrogen and oxygen atoms in total. The van der Waals surface area contributed by atoms with Gasteiger partial charge in [0.25, 0.3) is 0 Å². The van der Waals surface area contributed by atoms with E-state index in [1.54, 1.807) is 11.3 Å². The minimum Gasteiger partial charge on any atom is -0.493 e. The zero-order valence-electron chi connectivity index (χ0n) is 12.1. The third kappa shape index (κ3) is 3.40. The monoisotopic (exact) mass is 441 g/mol. The molecular weight excluding hydrogens is 429 g/mol. The second kappa shape index (κ2) is 6.71. The van der Waals surface area contributed by atoms with E-state index in [9.17, 15) is 4.79 Å². The van der Waals surface area contributed by atoms with Gasteiger partial charge in [-0.3, -0.25) is 0 Å². The zero-order chi connectivity index (χ0) is 16.4. The Kier molecular flexibility index (Phi) is 4.67. The topological polar surface area (TPSA) is 68.7 Å². The number of aromatic nitrogens is 1. The molecule has 23 heavy (non-hydrogen) atoms. The lowest BCUT2D eigenvalue weighted by atomic mass is 10.2. The van der Waals surface area contributed by atoms with Crippen molar-refractivity contribution in [1.82, 2.24) is 4.98 Å². The first-order valence-electron chi connectivity index (χ1n) is 6.66. The predicted octanol–water partition coefficient (Wildman–Crippen LogP) is 4.04. The number of methoxy groups -OCH3 is 1. The van der Waals surface area contributed by atoms with Crippen LogP contribution in [0.4, 0.5) is 0 Å². The number of para-hydroxylation sites is 1. The fraction of sp³-hybridized carbons (Fsp3) is 0.125. The van der Waals surface area contributed by atoms with Crippen molar-refractivity contribution in [2.75, 3.05) is 13.7 Å². The van der Waals surface area contributed by atoms with Crippen LogP contribution in [0.1, 0.15) is 0 Å². The molecule has 1 aromatic heterocycles. The zero-order valence-corrected chi connectivity index (χ0v) is 15.1. The number of thiazole rings is 1. The molecule has 0 unspecified atom stereocenters. The number of nitrogens with zero attached hydrogens (tertiary/aromatic N) is 1. The van der Waals surface area contributed by atoms with Gasteiger partial charge in [0.2, 0.25) is 0 Å². The van der Waals surface area contributed by atoms with E-state index in [-0.39, 0.29) is 0 Å². The third-order valence-corrected chi connectivity index (χ3v) is 5.00. The van der Waals surface area contributed by atoms with Crippen molar-refractivity contribution in [2.45, 2.75) is 0 Å². The van der Waals surface area contributed by atoms with Gasteiger partial charge in [-0.05, 0) is 46.9 Å². The van der Waals surface area contributed by atoms with Crippen LogP contribution in [0.15, 0.2) is 36.4 Å². The molecule has 2 aromatic carbocycles. The van der Waals surface area contributed by atoms with E-state index in [1.807, 2.05) is 36.4 Å². The van der Waals surface area contributed by atoms with Gasteiger partial charge in [-0.25, -0.2) is 9.78 Å². The molecule has 7 heteroatoms. The fourth-order valence-electron chi connectivity index (χ4n) is 2.11. The Morgan fingerprint density at radius 2 is 2.13 bits per heavy atom. The predicted molar refractivity (Wildman–Crippen MR) is 97.5 cm³/mol. The van der Waals surface area contributed by atoms with E-state index < -0.39 is 12.6 Å². The maximum absolute atomic E-state index is 10.7. The summed E-state index contributed by atoms with van der Waals surface area (Å²) in [6, 6.07) is 11.7. The largest absolute Gasteiger partial charge is 0.493 e. The summed E-state index contributed by atoms with van der Waals surface area (Å²) in [5, 5.41) is 9.65. The number of hydrogen-bond acceptors (Lipinski definition) is 5. The minimum atomic E-state index is -1.03. The number of benzene rings is 2. The van der Waals surface area contributed by atoms with E-state index in [0.717, 1.165) is 24.4 Å². The number of carboxylic acids is 1. The fourth-order valence-corrected chi connectivity index (χ4v) is 3.82. The SMILES string of the molecule is COc1cc(-c2nc3ccccc3s2)cc(I)c1OCC(=O)O. The second-order valence-electron chi connectivity index (χ2n) is 4.66. The lowest BCUT2D eigenvalue weighted by Gasteiger charge is -2.12. The Labute approximate surface area is 150 Å². The average Bonchev–Trinajstić information content (AvgIpc) is 2.96. The molecule has 0 radical (unpaired) electrons. The molecule has 3 aromatic rings. The van der Waals surface area contributed by atoms with Gasteiger partial charge in [0, 0.05) is 5.56 Å². The van der Waals surface area contributed by atoms with Crippen molar-refractivity contribution in [2.24, 2.45) is 0 Å². The second-order valence-corrected chi connectivity index (χ2v) is 6.85. The smallest absolute Gasteiger partial charge is 0.341 e. The summed E-state index contributed by atoms with van der Waals surface area (Å²) < 4.78 is 12.6. The lowest BCUT2D eigenvalue weighted by Crippen LogP contribution is -2.11. The molecule has 0 fully saturated rings. The minimum absolute atomic E-state index is 0.410. The van der Waals surface area contributed by atoms with E-state index in [2.05, 4.69) is 27.6 Å². The Hall–Kier alpha value is -1.87. The molecule has 118 valence electrons. The first kappa shape index (κ1) is 16.0. The van der Waals surface area contributed by atoms with Crippen LogP contribution < -0.4 is 9.47 Å². The number of carbonyl (C=O) groups is 1. The van der Waals surface area contributed by atoms with Gasteiger partial charge in [-0.15, -0.1) is 11.3 Å². The summed E-state index contributed by atoms with van der Waals surface area (Å²) in [5.74, 6) is -0.106. The molecule has 1 heterocycles. The molecule has 0 amide bonds. The Bertz CT molecular complexity index is 845. The Morgan fingerprint density at radius 1 is 1.35 bits per heavy atom. The molecule has 3 rings (SSSR count). The van der Waals surface area contributed by atoms with Gasteiger partial charge in [0.1, 0.15) is 5.01 Å². The van der Waals surface area contributed by atoms with Crippen molar-refractivity contribution in [3.8, 4) is 22.1 Å². The maximum Gasteiger partial charge on any atom is 0.341 e. The number of hydrogen-bond donors (Lipinski definition) is 1. The van der Waals surface area contributed by atoms with Crippen molar-refractivity contribution < 1.29 is 19.4 Å². The van der Waals surface area contributed by atoms with Crippen LogP contribution in [0.25, 0.3) is 20.8 Å². The molecule has 0 bridgehead atoms. The highest BCUT2D eigenvalue weighted by Gasteiger charge is 2.15. The number of carboxylic acid groups (broad SMARTS) is 1. The van der Waals surface area contributed by atoms with Gasteiger partial charge in [-0.1, -0.05) is 12.1 Å². The first-order chi connectivity index (χ1) is 11.1. The van der Waals surface area contributed by atoms with Crippen LogP contribution >= 0.6 is 33.9 Å². The van der Waals surface area contributed by atoms with Gasteiger partial charge in [0.05, 0.1) is 20.9 Å². The summed E-state index contributed by atoms with van der Waals surface area (Å²) in [5.41, 5.74) is 1.86. The summed E-state index contributed by atoms with van der Waals surface area (Å²) in [6.07, 6.45) is 0. The lowest BCUT2D eigenvalue weighted by molar-refractivity contribution is -0.139. The summed E-state index contributed by atoms with van der Waals surface area (Å²) >= 11 is 3.70. The quantitative estimate of drug-likeness (QED) is 0.606. The highest BCUT2D eigenvalue weighted by molar-refractivity contribution is 14.1. The van der Waals surface area contributed by atoms with Crippen LogP contribution in [0.5, 0.6) is 11.5 Å². The highest BCUT2D eigenvalue weighted by atomic mass is 127. The van der Waals surface area contributed by atoms with E-state index in [0.29, 0.717) is 11.5 Å². The van der Waals surface area contributed by atoms with Crippen LogP contribution in [-0.4, -0.2) is 29.8 Å². The summed E-state index contributed by atoms with van der Waals surface area (Å²) in [6.45, 7) is -0.410. The van der Waals surface area contributed by atoms with Crippen LogP contribution in [0.3, 0.4) is 0 Å². The number of fused-ring (bicyclic) bond motifs is 1. The molecule has 1 N–H and O–H groups in total. The van der Waals surface area contributed by atoms with Gasteiger partial charge < -0.3 is 14.6 Å². The number of aliphatic carboxylic acids is 1. The van der Waals surface area contributed by atoms with Crippen molar-refractivity contribution in [1.29, 1.82) is 0 Å². The van der Waals surface area contributed by atoms with Crippen molar-refractivity contribution in [3.05, 3.63) is 40.0 Å². The number of halogens is 1. The van der Waals surface area contributed by atoms with E-state index in [1.165, 1.54) is 7.11 Å². The number of rotatable bonds is 5. The van der Waals surface area contributed by atoms with Gasteiger partial charge >= 0.3 is 5.97 Å². The molecule has 0 saturated heterocycles. The standard InChI is InChI=1S/C16H12INO4S/c1-21-12-7-9(6-10(17)15(12)22-8-14(19)20)16-18-11-4-2-3-5-13(11)23-16/h2-7H,8H2,1H3,(H,19,20). The molecular formula is C16H12INO4S. The molecule has 0 saturated carbocycles. The molecule has 0 aliphatic heterocycles. The van der Waals surface area contributed by atoms with E-state index in [4.69, 9.17) is 14.6 Å². The van der Waals surface area contributed by atoms with Crippen LogP contribution in [0, 0.1) is 3.57 Å².